The molecule has 1 saturated heterocycles. The standard InChI is InChI=1S/C28H30Cl2N6O4S/c1-38-19-12-20(39-2)23(30)25(22(19)29)35-28(37)18-15-41-26-24(18)32-16-33-27(26)34-21-7-6-17(13-31-21)14-40-11-10-36-8-4-3-5-9-36/h6-7,12-13,15-16H,3-5,8-11,14H2,1-2H3,(H,35,37)(H,31,32,33,34). The number of halogens is 2. The zero-order chi connectivity index (χ0) is 28.8. The molecule has 0 saturated carbocycles. The molecule has 5 rings (SSSR count). The van der Waals surface area contributed by atoms with E-state index in [1.807, 2.05) is 12.1 Å². The van der Waals surface area contributed by atoms with Crippen molar-refractivity contribution in [2.45, 2.75) is 25.9 Å². The minimum absolute atomic E-state index is 0.157. The molecule has 0 spiro atoms. The number of rotatable bonds is 11. The summed E-state index contributed by atoms with van der Waals surface area (Å²) in [7, 11) is 2.93. The molecule has 41 heavy (non-hydrogen) atoms. The van der Waals surface area contributed by atoms with E-state index in [2.05, 4.69) is 30.5 Å². The molecule has 1 aromatic carbocycles. The van der Waals surface area contributed by atoms with E-state index in [1.165, 1.54) is 51.1 Å². The number of fused-ring (bicyclic) bond motifs is 1. The van der Waals surface area contributed by atoms with E-state index >= 15 is 0 Å². The highest BCUT2D eigenvalue weighted by molar-refractivity contribution is 7.18. The Morgan fingerprint density at radius 2 is 1.80 bits per heavy atom. The fourth-order valence-electron chi connectivity index (χ4n) is 4.55. The average molecular weight is 618 g/mol. The van der Waals surface area contributed by atoms with Gasteiger partial charge in [-0.25, -0.2) is 15.0 Å². The van der Waals surface area contributed by atoms with Crippen LogP contribution in [0.2, 0.25) is 10.0 Å². The number of aromatic nitrogens is 3. The van der Waals surface area contributed by atoms with Crippen molar-refractivity contribution in [3.8, 4) is 11.5 Å². The molecule has 0 unspecified atom stereocenters. The third-order valence-corrected chi connectivity index (χ3v) is 8.48. The van der Waals surface area contributed by atoms with Crippen LogP contribution in [0.3, 0.4) is 0 Å². The molecule has 0 atom stereocenters. The van der Waals surface area contributed by atoms with Crippen LogP contribution >= 0.6 is 34.5 Å². The van der Waals surface area contributed by atoms with E-state index in [9.17, 15) is 4.79 Å². The molecule has 1 amide bonds. The van der Waals surface area contributed by atoms with Crippen molar-refractivity contribution in [1.82, 2.24) is 19.9 Å². The number of piperidine rings is 1. The minimum Gasteiger partial charge on any atom is -0.495 e. The second-order valence-corrected chi connectivity index (χ2v) is 11.1. The summed E-state index contributed by atoms with van der Waals surface area (Å²) in [5, 5.41) is 8.02. The summed E-state index contributed by atoms with van der Waals surface area (Å²) < 4.78 is 17.1. The van der Waals surface area contributed by atoms with Gasteiger partial charge in [0.1, 0.15) is 33.7 Å². The Morgan fingerprint density at radius 1 is 1.05 bits per heavy atom. The van der Waals surface area contributed by atoms with Crippen LogP contribution in [0.15, 0.2) is 36.1 Å². The van der Waals surface area contributed by atoms with Gasteiger partial charge in [-0.05, 0) is 37.6 Å². The highest BCUT2D eigenvalue weighted by Gasteiger charge is 2.22. The minimum atomic E-state index is -0.442. The van der Waals surface area contributed by atoms with Crippen LogP contribution in [0.5, 0.6) is 11.5 Å². The molecule has 1 fully saturated rings. The zero-order valence-electron chi connectivity index (χ0n) is 22.7. The van der Waals surface area contributed by atoms with Crippen molar-refractivity contribution in [3.63, 3.8) is 0 Å². The number of likely N-dealkylation sites (tertiary alicyclic amines) is 1. The highest BCUT2D eigenvalue weighted by Crippen LogP contribution is 2.44. The summed E-state index contributed by atoms with van der Waals surface area (Å²) in [5.74, 6) is 1.34. The molecule has 13 heteroatoms. The Labute approximate surface area is 252 Å². The number of hydrogen-bond donors (Lipinski definition) is 2. The van der Waals surface area contributed by atoms with E-state index in [1.54, 1.807) is 17.6 Å². The second-order valence-electron chi connectivity index (χ2n) is 9.42. The van der Waals surface area contributed by atoms with Crippen molar-refractivity contribution in [2.75, 3.05) is 51.1 Å². The number of anilines is 3. The maximum atomic E-state index is 13.3. The number of pyridine rings is 1. The smallest absolute Gasteiger partial charge is 0.258 e. The summed E-state index contributed by atoms with van der Waals surface area (Å²) in [6.45, 7) is 4.51. The molecule has 3 aromatic heterocycles. The van der Waals surface area contributed by atoms with Crippen LogP contribution < -0.4 is 20.1 Å². The van der Waals surface area contributed by atoms with E-state index in [4.69, 9.17) is 37.4 Å². The van der Waals surface area contributed by atoms with E-state index in [0.717, 1.165) is 25.2 Å². The lowest BCUT2D eigenvalue weighted by molar-refractivity contribution is 0.0862. The first-order chi connectivity index (χ1) is 20.0. The van der Waals surface area contributed by atoms with Gasteiger partial charge < -0.3 is 29.7 Å². The summed E-state index contributed by atoms with van der Waals surface area (Å²) in [6, 6.07) is 5.39. The largest absolute Gasteiger partial charge is 0.495 e. The Hall–Kier alpha value is -3.22. The van der Waals surface area contributed by atoms with Gasteiger partial charge in [0, 0.05) is 24.2 Å². The molecule has 1 aliphatic heterocycles. The van der Waals surface area contributed by atoms with Gasteiger partial charge in [0.2, 0.25) is 0 Å². The fourth-order valence-corrected chi connectivity index (χ4v) is 6.09. The number of amides is 1. The molecule has 0 aliphatic carbocycles. The maximum Gasteiger partial charge on any atom is 0.258 e. The first-order valence-corrected chi connectivity index (χ1v) is 14.8. The molecule has 0 bridgehead atoms. The van der Waals surface area contributed by atoms with Crippen molar-refractivity contribution >= 4 is 68.0 Å². The van der Waals surface area contributed by atoms with Crippen molar-refractivity contribution in [1.29, 1.82) is 0 Å². The summed E-state index contributed by atoms with van der Waals surface area (Å²) in [5.41, 5.74) is 1.99. The first kappa shape index (κ1) is 29.3. The van der Waals surface area contributed by atoms with Crippen LogP contribution in [-0.2, 0) is 11.3 Å². The van der Waals surface area contributed by atoms with Crippen molar-refractivity contribution < 1.29 is 19.0 Å². The molecule has 1 aliphatic rings. The topological polar surface area (TPSA) is 111 Å². The number of methoxy groups -OCH3 is 2. The second kappa shape index (κ2) is 13.6. The van der Waals surface area contributed by atoms with Gasteiger partial charge >= 0.3 is 0 Å². The number of carbonyl (C=O) groups is 1. The van der Waals surface area contributed by atoms with E-state index in [-0.39, 0.29) is 15.7 Å². The zero-order valence-corrected chi connectivity index (χ0v) is 25.0. The lowest BCUT2D eigenvalue weighted by atomic mass is 10.1. The number of nitrogens with zero attached hydrogens (tertiary/aromatic N) is 4. The molecule has 4 aromatic rings. The summed E-state index contributed by atoms with van der Waals surface area (Å²) in [6.07, 6.45) is 7.06. The molecule has 4 heterocycles. The number of benzene rings is 1. The quantitative estimate of drug-likeness (QED) is 0.185. The molecule has 10 nitrogen and oxygen atoms in total. The molecule has 2 N–H and O–H groups in total. The third-order valence-electron chi connectivity index (χ3n) is 6.75. The summed E-state index contributed by atoms with van der Waals surface area (Å²) in [4.78, 5) is 29.0. The lowest BCUT2D eigenvalue weighted by Crippen LogP contribution is -2.32. The predicted molar refractivity (Wildman–Crippen MR) is 162 cm³/mol. The maximum absolute atomic E-state index is 13.3. The van der Waals surface area contributed by atoms with Gasteiger partial charge in [0.15, 0.2) is 5.82 Å². The Morgan fingerprint density at radius 3 is 2.49 bits per heavy atom. The highest BCUT2D eigenvalue weighted by atomic mass is 35.5. The van der Waals surface area contributed by atoms with Crippen molar-refractivity contribution in [3.05, 3.63) is 57.3 Å². The molecular weight excluding hydrogens is 587 g/mol. The molecular formula is C28H30Cl2N6O4S. The molecule has 0 radical (unpaired) electrons. The number of nitrogens with one attached hydrogen (secondary N) is 2. The fraction of sp³-hybridized carbons (Fsp3) is 0.357. The van der Waals surface area contributed by atoms with Crippen LogP contribution in [0.4, 0.5) is 17.3 Å². The van der Waals surface area contributed by atoms with E-state index < -0.39 is 5.91 Å². The lowest BCUT2D eigenvalue weighted by Gasteiger charge is -2.26. The Bertz CT molecular complexity index is 1480. The average Bonchev–Trinajstić information content (AvgIpc) is 3.44. The number of carbonyl (C=O) groups excluding carboxylic acids is 1. The van der Waals surface area contributed by atoms with Gasteiger partial charge in [-0.15, -0.1) is 11.3 Å². The number of thiophene rings is 1. The first-order valence-electron chi connectivity index (χ1n) is 13.1. The molecule has 216 valence electrons. The normalized spacial score (nSPS) is 13.8. The Balaban J connectivity index is 1.25. The van der Waals surface area contributed by atoms with Crippen LogP contribution in [0.1, 0.15) is 35.2 Å². The Kier molecular flexibility index (Phi) is 9.73. The van der Waals surface area contributed by atoms with Crippen LogP contribution in [-0.4, -0.2) is 66.2 Å². The van der Waals surface area contributed by atoms with Gasteiger partial charge in [-0.1, -0.05) is 35.7 Å². The SMILES string of the molecule is COc1cc(OC)c(Cl)c(NC(=O)c2csc3c(Nc4ccc(COCCN5CCCCC5)cn4)ncnc23)c1Cl. The summed E-state index contributed by atoms with van der Waals surface area (Å²) >= 11 is 14.2. The predicted octanol–water partition coefficient (Wildman–Crippen LogP) is 6.41. The van der Waals surface area contributed by atoms with Gasteiger partial charge in [-0.3, -0.25) is 4.79 Å². The van der Waals surface area contributed by atoms with Gasteiger partial charge in [-0.2, -0.15) is 0 Å². The van der Waals surface area contributed by atoms with Gasteiger partial charge in [0.25, 0.3) is 5.91 Å². The van der Waals surface area contributed by atoms with Crippen LogP contribution in [0, 0.1) is 0 Å². The van der Waals surface area contributed by atoms with Crippen LogP contribution in [0.25, 0.3) is 10.2 Å². The number of hydrogen-bond acceptors (Lipinski definition) is 10. The van der Waals surface area contributed by atoms with E-state index in [0.29, 0.717) is 52.1 Å². The van der Waals surface area contributed by atoms with Gasteiger partial charge in [0.05, 0.1) is 48.9 Å². The van der Waals surface area contributed by atoms with Crippen molar-refractivity contribution in [2.24, 2.45) is 0 Å². The number of ether oxygens (including phenoxy) is 3. The monoisotopic (exact) mass is 616 g/mol. The third kappa shape index (κ3) is 6.82.